The van der Waals surface area contributed by atoms with E-state index in [0.717, 1.165) is 26.2 Å². The van der Waals surface area contributed by atoms with Gasteiger partial charge in [0.1, 0.15) is 0 Å². The molecule has 2 rings (SSSR count). The highest BCUT2D eigenvalue weighted by Gasteiger charge is 2.02. The number of likely N-dealkylation sites (N-methyl/N-ethyl adjacent to an activating group) is 1. The summed E-state index contributed by atoms with van der Waals surface area (Å²) >= 11 is 1.83. The van der Waals surface area contributed by atoms with Crippen molar-refractivity contribution in [3.8, 4) is 0 Å². The first-order valence-corrected chi connectivity index (χ1v) is 7.03. The molecule has 0 saturated heterocycles. The van der Waals surface area contributed by atoms with Crippen LogP contribution in [-0.2, 0) is 6.54 Å². The van der Waals surface area contributed by atoms with Crippen molar-refractivity contribution < 1.29 is 0 Å². The lowest BCUT2D eigenvalue weighted by molar-refractivity contribution is 0.349. The summed E-state index contributed by atoms with van der Waals surface area (Å²) in [5, 5.41) is 7.17. The standard InChI is InChI=1S/C14H20N2S/c1-3-16(2)9-8-15-10-12-11-17-14-7-5-4-6-13(12)14/h4-7,11,15H,3,8-10H2,1-2H3. The van der Waals surface area contributed by atoms with E-state index in [9.17, 15) is 0 Å². The van der Waals surface area contributed by atoms with Crippen LogP contribution in [0, 0.1) is 0 Å². The molecule has 0 aliphatic rings. The summed E-state index contributed by atoms with van der Waals surface area (Å²) in [7, 11) is 2.15. The van der Waals surface area contributed by atoms with E-state index in [1.165, 1.54) is 15.6 Å². The van der Waals surface area contributed by atoms with E-state index in [0.29, 0.717) is 0 Å². The van der Waals surface area contributed by atoms with E-state index in [1.807, 2.05) is 11.3 Å². The van der Waals surface area contributed by atoms with Gasteiger partial charge in [-0.2, -0.15) is 0 Å². The largest absolute Gasteiger partial charge is 0.311 e. The quantitative estimate of drug-likeness (QED) is 0.791. The van der Waals surface area contributed by atoms with Crippen LogP contribution < -0.4 is 5.32 Å². The Labute approximate surface area is 107 Å². The van der Waals surface area contributed by atoms with E-state index < -0.39 is 0 Å². The smallest absolute Gasteiger partial charge is 0.0346 e. The second-order valence-corrected chi connectivity index (χ2v) is 5.24. The molecule has 0 aliphatic heterocycles. The fraction of sp³-hybridized carbons (Fsp3) is 0.429. The Bertz CT molecular complexity index is 464. The van der Waals surface area contributed by atoms with Gasteiger partial charge in [-0.15, -0.1) is 11.3 Å². The molecule has 0 atom stereocenters. The predicted octanol–water partition coefficient (Wildman–Crippen LogP) is 2.94. The van der Waals surface area contributed by atoms with Gasteiger partial charge in [-0.25, -0.2) is 0 Å². The molecule has 1 N–H and O–H groups in total. The van der Waals surface area contributed by atoms with Crippen molar-refractivity contribution in [3.63, 3.8) is 0 Å². The molecule has 0 saturated carbocycles. The molecule has 17 heavy (non-hydrogen) atoms. The van der Waals surface area contributed by atoms with Crippen molar-refractivity contribution in [3.05, 3.63) is 35.2 Å². The summed E-state index contributed by atoms with van der Waals surface area (Å²) in [6.07, 6.45) is 0. The Morgan fingerprint density at radius 3 is 2.94 bits per heavy atom. The van der Waals surface area contributed by atoms with E-state index in [4.69, 9.17) is 0 Å². The Morgan fingerprint density at radius 2 is 2.12 bits per heavy atom. The second-order valence-electron chi connectivity index (χ2n) is 4.33. The number of hydrogen-bond donors (Lipinski definition) is 1. The number of hydrogen-bond acceptors (Lipinski definition) is 3. The molecule has 1 heterocycles. The van der Waals surface area contributed by atoms with E-state index in [1.54, 1.807) is 0 Å². The first kappa shape index (κ1) is 12.6. The van der Waals surface area contributed by atoms with Crippen LogP contribution in [-0.4, -0.2) is 31.6 Å². The van der Waals surface area contributed by atoms with Gasteiger partial charge in [0.25, 0.3) is 0 Å². The lowest BCUT2D eigenvalue weighted by Crippen LogP contribution is -2.28. The fourth-order valence-corrected chi connectivity index (χ4v) is 2.78. The van der Waals surface area contributed by atoms with Crippen LogP contribution in [0.5, 0.6) is 0 Å². The highest BCUT2D eigenvalue weighted by Crippen LogP contribution is 2.25. The summed E-state index contributed by atoms with van der Waals surface area (Å²) in [6.45, 7) is 6.43. The molecule has 1 aromatic carbocycles. The number of fused-ring (bicyclic) bond motifs is 1. The Balaban J connectivity index is 1.87. The van der Waals surface area contributed by atoms with Crippen molar-refractivity contribution in [2.45, 2.75) is 13.5 Å². The number of rotatable bonds is 6. The summed E-state index contributed by atoms with van der Waals surface area (Å²) in [5.74, 6) is 0. The fourth-order valence-electron chi connectivity index (χ4n) is 1.82. The van der Waals surface area contributed by atoms with Crippen molar-refractivity contribution in [2.75, 3.05) is 26.7 Å². The molecule has 92 valence electrons. The first-order valence-electron chi connectivity index (χ1n) is 6.15. The van der Waals surface area contributed by atoms with E-state index in [-0.39, 0.29) is 0 Å². The normalized spacial score (nSPS) is 11.5. The van der Waals surface area contributed by atoms with Crippen molar-refractivity contribution in [2.24, 2.45) is 0 Å². The molecule has 0 amide bonds. The van der Waals surface area contributed by atoms with Crippen molar-refractivity contribution in [1.82, 2.24) is 10.2 Å². The third kappa shape index (κ3) is 3.28. The Kier molecular flexibility index (Phi) is 4.54. The SMILES string of the molecule is CCN(C)CCNCc1csc2ccccc12. The molecular formula is C14H20N2S. The Morgan fingerprint density at radius 1 is 1.29 bits per heavy atom. The average Bonchev–Trinajstić information content (AvgIpc) is 2.78. The summed E-state index contributed by atoms with van der Waals surface area (Å²) in [4.78, 5) is 2.32. The lowest BCUT2D eigenvalue weighted by atomic mass is 10.2. The van der Waals surface area contributed by atoms with Gasteiger partial charge >= 0.3 is 0 Å². The Hall–Kier alpha value is -0.900. The van der Waals surface area contributed by atoms with Crippen LogP contribution in [0.4, 0.5) is 0 Å². The molecule has 0 aliphatic carbocycles. The van der Waals surface area contributed by atoms with Crippen LogP contribution >= 0.6 is 11.3 Å². The zero-order valence-corrected chi connectivity index (χ0v) is 11.4. The zero-order chi connectivity index (χ0) is 12.1. The highest BCUT2D eigenvalue weighted by molar-refractivity contribution is 7.17. The van der Waals surface area contributed by atoms with E-state index in [2.05, 4.69) is 53.8 Å². The molecule has 0 radical (unpaired) electrons. The monoisotopic (exact) mass is 248 g/mol. The van der Waals surface area contributed by atoms with Gasteiger partial charge in [0, 0.05) is 24.3 Å². The van der Waals surface area contributed by atoms with Gasteiger partial charge in [0.05, 0.1) is 0 Å². The predicted molar refractivity (Wildman–Crippen MR) is 76.7 cm³/mol. The van der Waals surface area contributed by atoms with Gasteiger partial charge < -0.3 is 10.2 Å². The topological polar surface area (TPSA) is 15.3 Å². The van der Waals surface area contributed by atoms with E-state index >= 15 is 0 Å². The number of nitrogens with one attached hydrogen (secondary N) is 1. The molecule has 1 aromatic heterocycles. The second kappa shape index (κ2) is 6.15. The van der Waals surface area contributed by atoms with Crippen molar-refractivity contribution in [1.29, 1.82) is 0 Å². The average molecular weight is 248 g/mol. The number of thiophene rings is 1. The van der Waals surface area contributed by atoms with Crippen LogP contribution in [0.3, 0.4) is 0 Å². The maximum Gasteiger partial charge on any atom is 0.0346 e. The third-order valence-corrected chi connectivity index (χ3v) is 4.10. The van der Waals surface area contributed by atoms with Gasteiger partial charge in [0.15, 0.2) is 0 Å². The maximum atomic E-state index is 3.51. The molecule has 0 unspecified atom stereocenters. The lowest BCUT2D eigenvalue weighted by Gasteiger charge is -2.13. The minimum atomic E-state index is 0.974. The molecule has 2 nitrogen and oxygen atoms in total. The third-order valence-electron chi connectivity index (χ3n) is 3.09. The molecule has 2 aromatic rings. The van der Waals surface area contributed by atoms with Crippen LogP contribution in [0.25, 0.3) is 10.1 Å². The zero-order valence-electron chi connectivity index (χ0n) is 10.6. The van der Waals surface area contributed by atoms with Crippen LogP contribution in [0.15, 0.2) is 29.6 Å². The number of benzene rings is 1. The van der Waals surface area contributed by atoms with Gasteiger partial charge in [-0.3, -0.25) is 0 Å². The van der Waals surface area contributed by atoms with Crippen molar-refractivity contribution >= 4 is 21.4 Å². The minimum absolute atomic E-state index is 0.974. The molecule has 3 heteroatoms. The first-order chi connectivity index (χ1) is 8.31. The molecule has 0 spiro atoms. The van der Waals surface area contributed by atoms with Gasteiger partial charge in [-0.1, -0.05) is 25.1 Å². The molecule has 0 fully saturated rings. The number of nitrogens with zero attached hydrogens (tertiary/aromatic N) is 1. The minimum Gasteiger partial charge on any atom is -0.311 e. The van der Waals surface area contributed by atoms with Gasteiger partial charge in [0.2, 0.25) is 0 Å². The highest BCUT2D eigenvalue weighted by atomic mass is 32.1. The summed E-state index contributed by atoms with van der Waals surface area (Å²) in [5.41, 5.74) is 1.42. The summed E-state index contributed by atoms with van der Waals surface area (Å²) in [6, 6.07) is 8.62. The molecule has 0 bridgehead atoms. The maximum absolute atomic E-state index is 3.51. The van der Waals surface area contributed by atoms with Crippen LogP contribution in [0.1, 0.15) is 12.5 Å². The van der Waals surface area contributed by atoms with Gasteiger partial charge in [-0.05, 0) is 36.0 Å². The van der Waals surface area contributed by atoms with Crippen LogP contribution in [0.2, 0.25) is 0 Å². The summed E-state index contributed by atoms with van der Waals surface area (Å²) < 4.78 is 1.38. The molecular weight excluding hydrogens is 228 g/mol.